The molecule has 2 aromatic heterocycles. The first-order valence-electron chi connectivity index (χ1n) is 8.53. The van der Waals surface area contributed by atoms with Gasteiger partial charge in [-0.15, -0.1) is 0 Å². The number of carbonyl (C=O) groups is 1. The molecule has 0 fully saturated rings. The SMILES string of the molecule is CCOC(=O)c1ccco1.CN(C)P(N(C)C)N(C)C.Nc1ncccc1O. The summed E-state index contributed by atoms with van der Waals surface area (Å²) in [6, 6.07) is 6.32. The number of hydrogen-bond donors (Lipinski definition) is 2. The second-order valence-electron chi connectivity index (χ2n) is 5.92. The van der Waals surface area contributed by atoms with E-state index >= 15 is 0 Å². The van der Waals surface area contributed by atoms with Gasteiger partial charge in [-0.1, -0.05) is 0 Å². The zero-order valence-electron chi connectivity index (χ0n) is 17.7. The highest BCUT2D eigenvalue weighted by atomic mass is 31.2. The fourth-order valence-corrected chi connectivity index (χ4v) is 4.23. The van der Waals surface area contributed by atoms with Gasteiger partial charge in [-0.25, -0.2) is 9.78 Å². The smallest absolute Gasteiger partial charge is 0.374 e. The maximum absolute atomic E-state index is 10.8. The summed E-state index contributed by atoms with van der Waals surface area (Å²) in [6.07, 6.45) is 2.96. The Morgan fingerprint density at radius 3 is 2.00 bits per heavy atom. The molecule has 0 bridgehead atoms. The van der Waals surface area contributed by atoms with Crippen LogP contribution in [0.1, 0.15) is 17.5 Å². The van der Waals surface area contributed by atoms with Crippen LogP contribution >= 0.6 is 8.37 Å². The van der Waals surface area contributed by atoms with E-state index in [0.29, 0.717) is 6.61 Å². The number of aromatic nitrogens is 1. The third-order valence-electron chi connectivity index (χ3n) is 2.89. The van der Waals surface area contributed by atoms with Gasteiger partial charge in [0.1, 0.15) is 8.37 Å². The minimum atomic E-state index is -0.410. The van der Waals surface area contributed by atoms with Gasteiger partial charge in [0.2, 0.25) is 5.76 Å². The standard InChI is InChI=1S/C7H8O3.C6H18N3P.C5H6N2O/c1-2-9-7(8)6-4-3-5-10-6;1-7(2)10(8(3)4)9(5)6;6-5-4(8)2-1-3-7-5/h3-5H,2H2,1H3;1-6H3;1-3,8H,(H2,6,7). The summed E-state index contributed by atoms with van der Waals surface area (Å²) >= 11 is 0. The van der Waals surface area contributed by atoms with Gasteiger partial charge in [0, 0.05) is 6.20 Å². The van der Waals surface area contributed by atoms with Crippen LogP contribution in [0, 0.1) is 0 Å². The molecule has 0 aliphatic rings. The van der Waals surface area contributed by atoms with Gasteiger partial charge in [-0.2, -0.15) is 0 Å². The van der Waals surface area contributed by atoms with Crippen molar-refractivity contribution in [2.45, 2.75) is 6.92 Å². The second kappa shape index (κ2) is 13.9. The molecule has 0 saturated heterocycles. The molecule has 0 spiro atoms. The molecule has 28 heavy (non-hydrogen) atoms. The summed E-state index contributed by atoms with van der Waals surface area (Å²) < 4.78 is 16.1. The monoisotopic (exact) mass is 413 g/mol. The number of nitrogens with two attached hydrogens (primary N) is 1. The summed E-state index contributed by atoms with van der Waals surface area (Å²) in [5, 5.41) is 8.73. The Bertz CT molecular complexity index is 626. The van der Waals surface area contributed by atoms with Crippen molar-refractivity contribution in [3.8, 4) is 5.75 Å². The van der Waals surface area contributed by atoms with Crippen molar-refractivity contribution in [3.63, 3.8) is 0 Å². The van der Waals surface area contributed by atoms with Crippen LogP contribution < -0.4 is 5.73 Å². The molecule has 2 aromatic rings. The van der Waals surface area contributed by atoms with E-state index in [9.17, 15) is 4.79 Å². The van der Waals surface area contributed by atoms with Gasteiger partial charge in [-0.05, 0) is 73.5 Å². The number of nitrogen functional groups attached to an aromatic ring is 1. The summed E-state index contributed by atoms with van der Waals surface area (Å²) in [7, 11) is 12.4. The zero-order chi connectivity index (χ0) is 21.7. The van der Waals surface area contributed by atoms with Crippen LogP contribution in [-0.4, -0.2) is 79.0 Å². The Morgan fingerprint density at radius 1 is 1.14 bits per heavy atom. The minimum absolute atomic E-state index is 0.0347. The lowest BCUT2D eigenvalue weighted by atomic mass is 10.4. The summed E-state index contributed by atoms with van der Waals surface area (Å²) in [5.74, 6) is 0.0503. The number of ether oxygens (including phenoxy) is 1. The Labute approximate surface area is 168 Å². The molecule has 2 heterocycles. The zero-order valence-corrected chi connectivity index (χ0v) is 18.6. The van der Waals surface area contributed by atoms with E-state index in [0.717, 1.165) is 0 Å². The molecule has 0 aliphatic carbocycles. The molecule has 3 N–H and O–H groups in total. The fraction of sp³-hybridized carbons (Fsp3) is 0.444. The Hall–Kier alpha value is -2.19. The van der Waals surface area contributed by atoms with Crippen molar-refractivity contribution < 1.29 is 19.1 Å². The van der Waals surface area contributed by atoms with Crippen LogP contribution in [0.25, 0.3) is 0 Å². The number of carbonyl (C=O) groups excluding carboxylic acids is 1. The van der Waals surface area contributed by atoms with E-state index in [1.165, 1.54) is 18.5 Å². The van der Waals surface area contributed by atoms with Crippen molar-refractivity contribution in [3.05, 3.63) is 42.5 Å². The highest BCUT2D eigenvalue weighted by Gasteiger charge is 2.15. The van der Waals surface area contributed by atoms with Gasteiger partial charge in [0.05, 0.1) is 12.9 Å². The molecule has 0 atom stereocenters. The number of aromatic hydroxyl groups is 1. The number of rotatable bonds is 5. The average molecular weight is 413 g/mol. The Kier molecular flexibility index (Phi) is 12.8. The Balaban J connectivity index is 0.000000393. The lowest BCUT2D eigenvalue weighted by Gasteiger charge is -2.34. The topological polar surface area (TPSA) is 108 Å². The fourth-order valence-electron chi connectivity index (χ4n) is 2.08. The van der Waals surface area contributed by atoms with Crippen LogP contribution in [-0.2, 0) is 4.74 Å². The molecular weight excluding hydrogens is 381 g/mol. The van der Waals surface area contributed by atoms with E-state index < -0.39 is 5.97 Å². The summed E-state index contributed by atoms with van der Waals surface area (Å²) in [4.78, 5) is 14.4. The van der Waals surface area contributed by atoms with E-state index in [-0.39, 0.29) is 25.7 Å². The van der Waals surface area contributed by atoms with Gasteiger partial charge in [0.25, 0.3) is 0 Å². The van der Waals surface area contributed by atoms with Crippen molar-refractivity contribution in [2.24, 2.45) is 0 Å². The molecule has 0 amide bonds. The minimum Gasteiger partial charge on any atom is -0.504 e. The molecule has 0 radical (unpaired) electrons. The second-order valence-corrected chi connectivity index (χ2v) is 8.85. The van der Waals surface area contributed by atoms with Crippen LogP contribution in [0.5, 0.6) is 5.75 Å². The third-order valence-corrected chi connectivity index (χ3v) is 5.03. The maximum atomic E-state index is 10.8. The molecule has 158 valence electrons. The van der Waals surface area contributed by atoms with Crippen molar-refractivity contribution in [1.29, 1.82) is 0 Å². The van der Waals surface area contributed by atoms with Crippen LogP contribution in [0.4, 0.5) is 5.82 Å². The number of nitrogens with zero attached hydrogens (tertiary/aromatic N) is 4. The largest absolute Gasteiger partial charge is 0.504 e. The van der Waals surface area contributed by atoms with Gasteiger partial charge in [-0.3, -0.25) is 14.0 Å². The molecular formula is C18H32N5O4P. The van der Waals surface area contributed by atoms with Crippen LogP contribution in [0.2, 0.25) is 0 Å². The van der Waals surface area contributed by atoms with Crippen LogP contribution in [0.15, 0.2) is 41.1 Å². The van der Waals surface area contributed by atoms with Gasteiger partial charge < -0.3 is 20.0 Å². The lowest BCUT2D eigenvalue weighted by molar-refractivity contribution is 0.0490. The lowest BCUT2D eigenvalue weighted by Crippen LogP contribution is -2.25. The first-order chi connectivity index (χ1) is 13.1. The molecule has 2 rings (SSSR count). The van der Waals surface area contributed by atoms with Crippen molar-refractivity contribution in [2.75, 3.05) is 54.6 Å². The van der Waals surface area contributed by atoms with Gasteiger partial charge in [0.15, 0.2) is 11.6 Å². The molecule has 10 heteroatoms. The number of anilines is 1. The molecule has 9 nitrogen and oxygen atoms in total. The number of esters is 1. The average Bonchev–Trinajstić information content (AvgIpc) is 3.12. The van der Waals surface area contributed by atoms with Crippen molar-refractivity contribution >= 4 is 20.2 Å². The molecule has 0 aliphatic heterocycles. The quantitative estimate of drug-likeness (QED) is 0.565. The maximum Gasteiger partial charge on any atom is 0.374 e. The summed E-state index contributed by atoms with van der Waals surface area (Å²) in [5.41, 5.74) is 5.16. The van der Waals surface area contributed by atoms with Crippen LogP contribution in [0.3, 0.4) is 0 Å². The number of pyridine rings is 1. The van der Waals surface area contributed by atoms with Crippen molar-refractivity contribution in [1.82, 2.24) is 19.0 Å². The molecule has 0 unspecified atom stereocenters. The van der Waals surface area contributed by atoms with E-state index in [1.807, 2.05) is 0 Å². The first-order valence-corrected chi connectivity index (χ1v) is 9.73. The van der Waals surface area contributed by atoms with E-state index in [1.54, 1.807) is 25.1 Å². The predicted molar refractivity (Wildman–Crippen MR) is 113 cm³/mol. The predicted octanol–water partition coefficient (Wildman–Crippen LogP) is 2.72. The third kappa shape index (κ3) is 10.2. The normalized spacial score (nSPS) is 10.4. The summed E-state index contributed by atoms with van der Waals surface area (Å²) in [6.45, 7) is 2.13. The van der Waals surface area contributed by atoms with E-state index in [4.69, 9.17) is 15.3 Å². The first kappa shape index (κ1) is 25.8. The number of hydrogen-bond acceptors (Lipinski definition) is 9. The van der Waals surface area contributed by atoms with E-state index in [2.05, 4.69) is 66.0 Å². The highest BCUT2D eigenvalue weighted by Crippen LogP contribution is 2.40. The molecule has 0 saturated carbocycles. The Morgan fingerprint density at radius 2 is 1.71 bits per heavy atom. The number of furan rings is 1. The van der Waals surface area contributed by atoms with Gasteiger partial charge >= 0.3 is 5.97 Å². The highest BCUT2D eigenvalue weighted by molar-refractivity contribution is 7.49. The molecule has 0 aromatic carbocycles.